The van der Waals surface area contributed by atoms with Gasteiger partial charge >= 0.3 is 0 Å². The molecule has 2 rings (SSSR count). The van der Waals surface area contributed by atoms with E-state index in [9.17, 15) is 9.59 Å². The standard InChI is InChI=1S/C25H33BrN2O3/c1-16(2)13-27-25(30)20(6)28(14-21-10-8-7-9-17(21)3)23(29)15-31-22-11-18(4)24(26)19(5)12-22/h7-12,16,20H,13-15H2,1-6H3,(H,27,30)/t20-/m1/s1. The smallest absolute Gasteiger partial charge is 0.261 e. The SMILES string of the molecule is Cc1ccccc1CN(C(=O)COc1cc(C)c(Br)c(C)c1)[C@H](C)C(=O)NCC(C)C. The Morgan fingerprint density at radius 1 is 1.03 bits per heavy atom. The van der Waals surface area contributed by atoms with Crippen molar-refractivity contribution in [2.24, 2.45) is 5.92 Å². The van der Waals surface area contributed by atoms with Crippen LogP contribution in [0.25, 0.3) is 0 Å². The zero-order chi connectivity index (χ0) is 23.1. The molecular weight excluding hydrogens is 456 g/mol. The average Bonchev–Trinajstić information content (AvgIpc) is 2.72. The van der Waals surface area contributed by atoms with Crippen molar-refractivity contribution in [3.63, 3.8) is 0 Å². The molecule has 0 fully saturated rings. The molecule has 0 aliphatic rings. The number of rotatable bonds is 9. The number of halogens is 1. The van der Waals surface area contributed by atoms with E-state index in [1.807, 2.05) is 71.0 Å². The highest BCUT2D eigenvalue weighted by molar-refractivity contribution is 9.10. The van der Waals surface area contributed by atoms with Crippen LogP contribution in [0.15, 0.2) is 40.9 Å². The van der Waals surface area contributed by atoms with Crippen LogP contribution in [-0.4, -0.2) is 35.9 Å². The van der Waals surface area contributed by atoms with Crippen LogP contribution in [0, 0.1) is 26.7 Å². The molecule has 168 valence electrons. The third kappa shape index (κ3) is 7.10. The minimum Gasteiger partial charge on any atom is -0.484 e. The minimum absolute atomic E-state index is 0.131. The van der Waals surface area contributed by atoms with Crippen molar-refractivity contribution in [2.45, 2.75) is 54.1 Å². The number of ether oxygens (including phenoxy) is 1. The Kier molecular flexibility index (Phi) is 9.11. The van der Waals surface area contributed by atoms with Crippen molar-refractivity contribution in [3.8, 4) is 5.75 Å². The number of benzene rings is 2. The first-order chi connectivity index (χ1) is 14.6. The van der Waals surface area contributed by atoms with Crippen molar-refractivity contribution >= 4 is 27.7 Å². The molecule has 0 saturated heterocycles. The first-order valence-electron chi connectivity index (χ1n) is 10.6. The lowest BCUT2D eigenvalue weighted by Gasteiger charge is -2.29. The molecule has 0 aliphatic carbocycles. The Bertz CT molecular complexity index is 904. The second-order valence-electron chi connectivity index (χ2n) is 8.42. The molecule has 1 atom stereocenters. The molecule has 6 heteroatoms. The Balaban J connectivity index is 2.19. The third-order valence-corrected chi connectivity index (χ3v) is 6.48. The van der Waals surface area contributed by atoms with E-state index in [1.165, 1.54) is 0 Å². The molecule has 0 saturated carbocycles. The molecule has 0 bridgehead atoms. The van der Waals surface area contributed by atoms with Gasteiger partial charge in [0.05, 0.1) is 0 Å². The zero-order valence-corrected chi connectivity index (χ0v) is 20.9. The Morgan fingerprint density at radius 2 is 1.65 bits per heavy atom. The molecule has 0 heterocycles. The average molecular weight is 489 g/mol. The Labute approximate surface area is 194 Å². The summed E-state index contributed by atoms with van der Waals surface area (Å²) in [5, 5.41) is 2.93. The molecular formula is C25H33BrN2O3. The van der Waals surface area contributed by atoms with Crippen LogP contribution in [0.3, 0.4) is 0 Å². The van der Waals surface area contributed by atoms with Crippen molar-refractivity contribution < 1.29 is 14.3 Å². The summed E-state index contributed by atoms with van der Waals surface area (Å²) in [6, 6.07) is 11.1. The first kappa shape index (κ1) is 24.9. The maximum atomic E-state index is 13.2. The summed E-state index contributed by atoms with van der Waals surface area (Å²) < 4.78 is 6.85. The molecule has 2 amide bonds. The van der Waals surface area contributed by atoms with Gasteiger partial charge in [-0.1, -0.05) is 54.0 Å². The van der Waals surface area contributed by atoms with Crippen molar-refractivity contribution in [1.29, 1.82) is 0 Å². The number of nitrogens with zero attached hydrogens (tertiary/aromatic N) is 1. The Hall–Kier alpha value is -2.34. The summed E-state index contributed by atoms with van der Waals surface area (Å²) in [5.41, 5.74) is 4.17. The maximum absolute atomic E-state index is 13.2. The summed E-state index contributed by atoms with van der Waals surface area (Å²) >= 11 is 3.54. The molecule has 2 aromatic carbocycles. The predicted molar refractivity (Wildman–Crippen MR) is 128 cm³/mol. The van der Waals surface area contributed by atoms with Crippen LogP contribution in [-0.2, 0) is 16.1 Å². The molecule has 0 spiro atoms. The fraction of sp³-hybridized carbons (Fsp3) is 0.440. The monoisotopic (exact) mass is 488 g/mol. The maximum Gasteiger partial charge on any atom is 0.261 e. The third-order valence-electron chi connectivity index (χ3n) is 5.23. The van der Waals surface area contributed by atoms with Crippen LogP contribution < -0.4 is 10.1 Å². The van der Waals surface area contributed by atoms with Gasteiger partial charge in [0.25, 0.3) is 5.91 Å². The van der Waals surface area contributed by atoms with Gasteiger partial charge in [-0.15, -0.1) is 0 Å². The summed E-state index contributed by atoms with van der Waals surface area (Å²) in [6.07, 6.45) is 0. The quantitative estimate of drug-likeness (QED) is 0.543. The van der Waals surface area contributed by atoms with Gasteiger partial charge in [0.2, 0.25) is 5.91 Å². The zero-order valence-electron chi connectivity index (χ0n) is 19.3. The van der Waals surface area contributed by atoms with Gasteiger partial charge in [-0.25, -0.2) is 0 Å². The van der Waals surface area contributed by atoms with Crippen molar-refractivity contribution in [3.05, 3.63) is 63.1 Å². The van der Waals surface area contributed by atoms with Crippen LogP contribution >= 0.6 is 15.9 Å². The van der Waals surface area contributed by atoms with E-state index in [2.05, 4.69) is 21.2 Å². The fourth-order valence-corrected chi connectivity index (χ4v) is 3.45. The van der Waals surface area contributed by atoms with Crippen molar-refractivity contribution in [1.82, 2.24) is 10.2 Å². The normalized spacial score (nSPS) is 11.9. The van der Waals surface area contributed by atoms with Gasteiger partial charge in [-0.2, -0.15) is 0 Å². The Morgan fingerprint density at radius 3 is 2.23 bits per heavy atom. The lowest BCUT2D eigenvalue weighted by molar-refractivity contribution is -0.142. The summed E-state index contributed by atoms with van der Waals surface area (Å²) in [6.45, 7) is 12.6. The molecule has 2 aromatic rings. The van der Waals surface area contributed by atoms with Crippen molar-refractivity contribution in [2.75, 3.05) is 13.2 Å². The van der Waals surface area contributed by atoms with Gasteiger partial charge in [0, 0.05) is 17.6 Å². The van der Waals surface area contributed by atoms with E-state index in [0.717, 1.165) is 26.7 Å². The highest BCUT2D eigenvalue weighted by atomic mass is 79.9. The number of carbonyl (C=O) groups excluding carboxylic acids is 2. The number of hydrogen-bond acceptors (Lipinski definition) is 3. The summed E-state index contributed by atoms with van der Waals surface area (Å²) in [7, 11) is 0. The van der Waals surface area contributed by atoms with Gasteiger partial charge in [-0.3, -0.25) is 9.59 Å². The van der Waals surface area contributed by atoms with Gasteiger partial charge in [-0.05, 0) is 68.0 Å². The van der Waals surface area contributed by atoms with Crippen LogP contribution in [0.4, 0.5) is 0 Å². The fourth-order valence-electron chi connectivity index (χ4n) is 3.22. The summed E-state index contributed by atoms with van der Waals surface area (Å²) in [4.78, 5) is 27.5. The predicted octanol–water partition coefficient (Wildman–Crippen LogP) is 4.94. The molecule has 1 N–H and O–H groups in total. The molecule has 0 aliphatic heterocycles. The second-order valence-corrected chi connectivity index (χ2v) is 9.22. The summed E-state index contributed by atoms with van der Waals surface area (Å²) in [5.74, 6) is 0.586. The van der Waals surface area contributed by atoms with Gasteiger partial charge in [0.15, 0.2) is 6.61 Å². The molecule has 0 aromatic heterocycles. The van der Waals surface area contributed by atoms with Crippen LogP contribution in [0.1, 0.15) is 43.0 Å². The van der Waals surface area contributed by atoms with E-state index >= 15 is 0 Å². The number of hydrogen-bond donors (Lipinski definition) is 1. The molecule has 5 nitrogen and oxygen atoms in total. The van der Waals surface area contributed by atoms with Gasteiger partial charge < -0.3 is 15.0 Å². The second kappa shape index (κ2) is 11.3. The minimum atomic E-state index is -0.608. The van der Waals surface area contributed by atoms with E-state index in [4.69, 9.17) is 4.74 Å². The van der Waals surface area contributed by atoms with Gasteiger partial charge in [0.1, 0.15) is 11.8 Å². The molecule has 0 radical (unpaired) electrons. The van der Waals surface area contributed by atoms with E-state index < -0.39 is 6.04 Å². The number of aryl methyl sites for hydroxylation is 3. The largest absolute Gasteiger partial charge is 0.484 e. The van der Waals surface area contributed by atoms with E-state index in [0.29, 0.717) is 24.8 Å². The van der Waals surface area contributed by atoms with E-state index in [1.54, 1.807) is 11.8 Å². The number of nitrogens with one attached hydrogen (secondary N) is 1. The van der Waals surface area contributed by atoms with Crippen LogP contribution in [0.5, 0.6) is 5.75 Å². The highest BCUT2D eigenvalue weighted by Crippen LogP contribution is 2.26. The highest BCUT2D eigenvalue weighted by Gasteiger charge is 2.27. The molecule has 31 heavy (non-hydrogen) atoms. The number of carbonyl (C=O) groups is 2. The lowest BCUT2D eigenvalue weighted by Crippen LogP contribution is -2.49. The lowest BCUT2D eigenvalue weighted by atomic mass is 10.1. The molecule has 0 unspecified atom stereocenters. The number of amides is 2. The van der Waals surface area contributed by atoms with E-state index in [-0.39, 0.29) is 18.4 Å². The van der Waals surface area contributed by atoms with Crippen LogP contribution in [0.2, 0.25) is 0 Å². The first-order valence-corrected chi connectivity index (χ1v) is 11.4. The topological polar surface area (TPSA) is 58.6 Å².